The summed E-state index contributed by atoms with van der Waals surface area (Å²) >= 11 is 0. The molecular formula is C22H29FN3O+. The third-order valence-corrected chi connectivity index (χ3v) is 5.34. The van der Waals surface area contributed by atoms with Gasteiger partial charge in [-0.15, -0.1) is 0 Å². The highest BCUT2D eigenvalue weighted by molar-refractivity contribution is 5.77. The predicted octanol–water partition coefficient (Wildman–Crippen LogP) is 1.97. The summed E-state index contributed by atoms with van der Waals surface area (Å²) < 4.78 is 13.1. The van der Waals surface area contributed by atoms with Crippen LogP contribution in [0.15, 0.2) is 48.5 Å². The summed E-state index contributed by atoms with van der Waals surface area (Å²) in [5.74, 6) is -0.120. The Bertz CT molecular complexity index is 737. The first-order chi connectivity index (χ1) is 13.0. The lowest BCUT2D eigenvalue weighted by atomic mass is 10.1. The lowest BCUT2D eigenvalue weighted by molar-refractivity contribution is -0.892. The van der Waals surface area contributed by atoms with Gasteiger partial charge in [-0.3, -0.25) is 4.79 Å². The third-order valence-electron chi connectivity index (χ3n) is 5.34. The number of benzene rings is 2. The first-order valence-corrected chi connectivity index (χ1v) is 9.77. The zero-order valence-electron chi connectivity index (χ0n) is 16.2. The molecule has 2 N–H and O–H groups in total. The number of halogens is 1. The molecule has 1 amide bonds. The van der Waals surface area contributed by atoms with E-state index in [9.17, 15) is 9.18 Å². The number of hydrogen-bond donors (Lipinski definition) is 2. The molecule has 1 aliphatic rings. The van der Waals surface area contributed by atoms with E-state index in [4.69, 9.17) is 0 Å². The van der Waals surface area contributed by atoms with Crippen LogP contribution in [-0.2, 0) is 11.2 Å². The Hall–Kier alpha value is -2.40. The quantitative estimate of drug-likeness (QED) is 0.816. The number of rotatable bonds is 6. The molecule has 1 heterocycles. The van der Waals surface area contributed by atoms with Crippen molar-refractivity contribution in [1.29, 1.82) is 0 Å². The zero-order valence-corrected chi connectivity index (χ0v) is 16.2. The van der Waals surface area contributed by atoms with Gasteiger partial charge in [0.2, 0.25) is 0 Å². The van der Waals surface area contributed by atoms with E-state index in [0.717, 1.165) is 43.9 Å². The van der Waals surface area contributed by atoms with Crippen LogP contribution in [0.4, 0.5) is 10.1 Å². The van der Waals surface area contributed by atoms with Crippen LogP contribution < -0.4 is 15.1 Å². The molecule has 0 bridgehead atoms. The van der Waals surface area contributed by atoms with Gasteiger partial charge in [0, 0.05) is 5.69 Å². The molecule has 0 aliphatic carbocycles. The van der Waals surface area contributed by atoms with E-state index in [1.54, 1.807) is 0 Å². The predicted molar refractivity (Wildman–Crippen MR) is 107 cm³/mol. The second kappa shape index (κ2) is 9.00. The maximum atomic E-state index is 13.1. The largest absolute Gasteiger partial charge is 0.360 e. The van der Waals surface area contributed by atoms with Crippen molar-refractivity contribution >= 4 is 11.6 Å². The van der Waals surface area contributed by atoms with Crippen LogP contribution in [0.3, 0.4) is 0 Å². The molecule has 1 fully saturated rings. The van der Waals surface area contributed by atoms with Crippen LogP contribution in [0.25, 0.3) is 0 Å². The smallest absolute Gasteiger partial charge is 0.275 e. The first kappa shape index (κ1) is 19.4. The Balaban J connectivity index is 1.45. The fraction of sp³-hybridized carbons (Fsp3) is 0.409. The van der Waals surface area contributed by atoms with Gasteiger partial charge in [0.05, 0.1) is 32.2 Å². The molecule has 0 aromatic heterocycles. The molecule has 1 saturated heterocycles. The van der Waals surface area contributed by atoms with E-state index in [1.165, 1.54) is 22.6 Å². The van der Waals surface area contributed by atoms with E-state index in [-0.39, 0.29) is 17.8 Å². The maximum absolute atomic E-state index is 13.1. The fourth-order valence-corrected chi connectivity index (χ4v) is 3.55. The van der Waals surface area contributed by atoms with Gasteiger partial charge in [0.1, 0.15) is 5.82 Å². The van der Waals surface area contributed by atoms with Crippen LogP contribution in [0.5, 0.6) is 0 Å². The number of nitrogens with one attached hydrogen (secondary N) is 2. The number of carbonyl (C=O) groups is 1. The molecule has 0 spiro atoms. The Morgan fingerprint density at radius 2 is 1.74 bits per heavy atom. The molecule has 0 radical (unpaired) electrons. The molecule has 27 heavy (non-hydrogen) atoms. The van der Waals surface area contributed by atoms with Gasteiger partial charge >= 0.3 is 0 Å². The molecule has 4 nitrogen and oxygen atoms in total. The Labute approximate surface area is 161 Å². The SMILES string of the molecule is CCc1ccc([C@H](C)NC(=O)C[NH+]2CCN(c3ccc(F)cc3)CC2)cc1. The van der Waals surface area contributed by atoms with E-state index in [0.29, 0.717) is 6.54 Å². The third kappa shape index (κ3) is 5.30. The first-order valence-electron chi connectivity index (χ1n) is 9.77. The van der Waals surface area contributed by atoms with Gasteiger partial charge in [0.25, 0.3) is 5.91 Å². The highest BCUT2D eigenvalue weighted by Crippen LogP contribution is 2.15. The van der Waals surface area contributed by atoms with E-state index in [2.05, 4.69) is 41.4 Å². The van der Waals surface area contributed by atoms with E-state index in [1.807, 2.05) is 19.1 Å². The van der Waals surface area contributed by atoms with Crippen molar-refractivity contribution < 1.29 is 14.1 Å². The lowest BCUT2D eigenvalue weighted by Crippen LogP contribution is -3.15. The highest BCUT2D eigenvalue weighted by atomic mass is 19.1. The van der Waals surface area contributed by atoms with Crippen molar-refractivity contribution in [2.45, 2.75) is 26.3 Å². The summed E-state index contributed by atoms with van der Waals surface area (Å²) in [5.41, 5.74) is 3.49. The summed E-state index contributed by atoms with van der Waals surface area (Å²) in [6, 6.07) is 15.1. The molecule has 1 aliphatic heterocycles. The molecule has 2 aromatic rings. The van der Waals surface area contributed by atoms with Gasteiger partial charge in [-0.1, -0.05) is 31.2 Å². The summed E-state index contributed by atoms with van der Waals surface area (Å²) in [6.07, 6.45) is 1.02. The Kier molecular flexibility index (Phi) is 6.45. The number of aryl methyl sites for hydroxylation is 1. The number of hydrogen-bond acceptors (Lipinski definition) is 2. The Morgan fingerprint density at radius 3 is 2.33 bits per heavy atom. The van der Waals surface area contributed by atoms with E-state index < -0.39 is 0 Å². The van der Waals surface area contributed by atoms with Gasteiger partial charge in [-0.05, 0) is 48.7 Å². The van der Waals surface area contributed by atoms with Crippen molar-refractivity contribution in [1.82, 2.24) is 5.32 Å². The molecular weight excluding hydrogens is 341 g/mol. The van der Waals surface area contributed by atoms with Gasteiger partial charge in [0.15, 0.2) is 6.54 Å². The number of anilines is 1. The fourth-order valence-electron chi connectivity index (χ4n) is 3.55. The van der Waals surface area contributed by atoms with Crippen LogP contribution in [0, 0.1) is 5.82 Å². The Morgan fingerprint density at radius 1 is 1.11 bits per heavy atom. The molecule has 3 rings (SSSR count). The molecule has 144 valence electrons. The van der Waals surface area contributed by atoms with Crippen LogP contribution in [-0.4, -0.2) is 38.6 Å². The molecule has 0 unspecified atom stereocenters. The lowest BCUT2D eigenvalue weighted by Gasteiger charge is -2.33. The van der Waals surface area contributed by atoms with Crippen LogP contribution in [0.2, 0.25) is 0 Å². The van der Waals surface area contributed by atoms with Crippen LogP contribution >= 0.6 is 0 Å². The van der Waals surface area contributed by atoms with Crippen LogP contribution in [0.1, 0.15) is 31.0 Å². The average molecular weight is 370 g/mol. The average Bonchev–Trinajstić information content (AvgIpc) is 2.69. The topological polar surface area (TPSA) is 36.8 Å². The number of piperazine rings is 1. The summed E-state index contributed by atoms with van der Waals surface area (Å²) in [5, 5.41) is 3.12. The van der Waals surface area contributed by atoms with Gasteiger partial charge < -0.3 is 15.1 Å². The number of nitrogens with zero attached hydrogens (tertiary/aromatic N) is 1. The minimum Gasteiger partial charge on any atom is -0.360 e. The molecule has 2 aromatic carbocycles. The maximum Gasteiger partial charge on any atom is 0.275 e. The standard InChI is InChI=1S/C22H28FN3O/c1-3-18-4-6-19(7-5-18)17(2)24-22(27)16-25-12-14-26(15-13-25)21-10-8-20(23)9-11-21/h4-11,17H,3,12-16H2,1-2H3,(H,24,27)/p+1/t17-/m0/s1. The normalized spacial score (nSPS) is 16.2. The second-order valence-electron chi connectivity index (χ2n) is 7.27. The van der Waals surface area contributed by atoms with E-state index >= 15 is 0 Å². The highest BCUT2D eigenvalue weighted by Gasteiger charge is 2.23. The molecule has 0 saturated carbocycles. The summed E-state index contributed by atoms with van der Waals surface area (Å²) in [6.45, 7) is 8.23. The number of quaternary nitrogens is 1. The zero-order chi connectivity index (χ0) is 19.2. The molecule has 1 atom stereocenters. The summed E-state index contributed by atoms with van der Waals surface area (Å²) in [4.78, 5) is 16.0. The van der Waals surface area contributed by atoms with Gasteiger partial charge in [-0.25, -0.2) is 4.39 Å². The minimum absolute atomic E-state index is 0.0170. The monoisotopic (exact) mass is 370 g/mol. The van der Waals surface area contributed by atoms with Crippen molar-refractivity contribution in [3.8, 4) is 0 Å². The van der Waals surface area contributed by atoms with Crippen molar-refractivity contribution in [2.75, 3.05) is 37.6 Å². The van der Waals surface area contributed by atoms with Crippen molar-refractivity contribution in [2.24, 2.45) is 0 Å². The molecule has 5 heteroatoms. The number of amides is 1. The van der Waals surface area contributed by atoms with Crippen molar-refractivity contribution in [3.63, 3.8) is 0 Å². The van der Waals surface area contributed by atoms with Crippen molar-refractivity contribution in [3.05, 3.63) is 65.5 Å². The minimum atomic E-state index is -0.210. The summed E-state index contributed by atoms with van der Waals surface area (Å²) in [7, 11) is 0. The number of carbonyl (C=O) groups excluding carboxylic acids is 1. The van der Waals surface area contributed by atoms with Gasteiger partial charge in [-0.2, -0.15) is 0 Å². The second-order valence-corrected chi connectivity index (χ2v) is 7.27.